The van der Waals surface area contributed by atoms with E-state index in [0.717, 1.165) is 25.9 Å². The zero-order valence-electron chi connectivity index (χ0n) is 14.8. The largest absolute Gasteiger partial charge is 0.386 e. The lowest BCUT2D eigenvalue weighted by Crippen LogP contribution is -2.32. The van der Waals surface area contributed by atoms with Gasteiger partial charge in [-0.15, -0.1) is 0 Å². The third kappa shape index (κ3) is 4.83. The zero-order valence-corrected chi connectivity index (χ0v) is 14.8. The molecule has 2 aromatic rings. The second-order valence-electron chi connectivity index (χ2n) is 6.45. The van der Waals surface area contributed by atoms with Crippen LogP contribution in [0.1, 0.15) is 34.9 Å². The molecule has 0 aliphatic carbocycles. The van der Waals surface area contributed by atoms with Gasteiger partial charge in [0, 0.05) is 36.4 Å². The Balaban J connectivity index is 1.50. The topological polar surface area (TPSA) is 81.7 Å². The highest BCUT2D eigenvalue weighted by atomic mass is 19.1. The molecule has 0 aromatic heterocycles. The molecule has 0 bridgehead atoms. The lowest BCUT2D eigenvalue weighted by atomic mass is 10.1. The average Bonchev–Trinajstić information content (AvgIpc) is 3.21. The van der Waals surface area contributed by atoms with Gasteiger partial charge in [0.2, 0.25) is 0 Å². The molecule has 1 heterocycles. The molecule has 0 saturated carbocycles. The monoisotopic (exact) mass is 371 g/mol. The summed E-state index contributed by atoms with van der Waals surface area (Å²) >= 11 is 0. The maximum Gasteiger partial charge on any atom is 0.319 e. The number of anilines is 1. The fraction of sp³-hybridized carbons (Fsp3) is 0.300. The Hall–Kier alpha value is -2.93. The highest BCUT2D eigenvalue weighted by molar-refractivity contribution is 5.95. The molecule has 1 aliphatic rings. The number of hydrogen-bond acceptors (Lipinski definition) is 3. The van der Waals surface area contributed by atoms with Crippen LogP contribution in [0.15, 0.2) is 48.5 Å². The molecule has 1 fully saturated rings. The number of nitrogens with one attached hydrogen (secondary N) is 2. The van der Waals surface area contributed by atoms with E-state index in [4.69, 9.17) is 0 Å². The lowest BCUT2D eigenvalue weighted by molar-refractivity contribution is 0.0793. The third-order valence-corrected chi connectivity index (χ3v) is 4.50. The number of halogens is 1. The van der Waals surface area contributed by atoms with E-state index in [1.54, 1.807) is 30.3 Å². The van der Waals surface area contributed by atoms with Gasteiger partial charge in [0.15, 0.2) is 0 Å². The normalized spacial score (nSPS) is 14.7. The van der Waals surface area contributed by atoms with Crippen LogP contribution in [0.25, 0.3) is 0 Å². The number of aliphatic hydroxyl groups excluding tert-OH is 1. The molecule has 142 valence electrons. The molecule has 3 rings (SSSR count). The summed E-state index contributed by atoms with van der Waals surface area (Å²) in [5, 5.41) is 15.1. The van der Waals surface area contributed by atoms with Crippen molar-refractivity contribution in [3.63, 3.8) is 0 Å². The van der Waals surface area contributed by atoms with Crippen LogP contribution in [0, 0.1) is 5.82 Å². The van der Waals surface area contributed by atoms with Gasteiger partial charge in [-0.3, -0.25) is 4.79 Å². The summed E-state index contributed by atoms with van der Waals surface area (Å²) in [5.74, 6) is -0.526. The number of carbonyl (C=O) groups excluding carboxylic acids is 2. The first-order chi connectivity index (χ1) is 13.0. The summed E-state index contributed by atoms with van der Waals surface area (Å²) in [6, 6.07) is 12.0. The summed E-state index contributed by atoms with van der Waals surface area (Å²) in [7, 11) is 0. The van der Waals surface area contributed by atoms with Gasteiger partial charge in [-0.25, -0.2) is 9.18 Å². The Labute approximate surface area is 157 Å². The van der Waals surface area contributed by atoms with Crippen LogP contribution in [0.3, 0.4) is 0 Å². The summed E-state index contributed by atoms with van der Waals surface area (Å²) in [4.78, 5) is 26.1. The third-order valence-electron chi connectivity index (χ3n) is 4.50. The number of amides is 3. The number of hydrogen-bond donors (Lipinski definition) is 3. The molecule has 7 heteroatoms. The van der Waals surface area contributed by atoms with Crippen LogP contribution >= 0.6 is 0 Å². The number of rotatable bonds is 5. The molecule has 0 spiro atoms. The van der Waals surface area contributed by atoms with Crippen molar-refractivity contribution in [2.24, 2.45) is 0 Å². The van der Waals surface area contributed by atoms with Gasteiger partial charge < -0.3 is 20.6 Å². The maximum absolute atomic E-state index is 13.6. The van der Waals surface area contributed by atoms with Gasteiger partial charge in [0.25, 0.3) is 5.91 Å². The standard InChI is InChI=1S/C20H22FN3O3/c21-17-6-2-1-5-16(17)18(25)13-22-20(27)23-15-9-7-14(8-10-15)19(26)24-11-3-4-12-24/h1-2,5-10,18,25H,3-4,11-13H2,(H2,22,23,27). The Bertz CT molecular complexity index is 804. The second kappa shape index (κ2) is 8.64. The molecule has 6 nitrogen and oxygen atoms in total. The van der Waals surface area contributed by atoms with Crippen LogP contribution in [0.4, 0.5) is 14.9 Å². The molecule has 2 aromatic carbocycles. The van der Waals surface area contributed by atoms with Gasteiger partial charge in [-0.2, -0.15) is 0 Å². The van der Waals surface area contributed by atoms with Crippen molar-refractivity contribution in [1.82, 2.24) is 10.2 Å². The highest BCUT2D eigenvalue weighted by Crippen LogP contribution is 2.17. The first-order valence-electron chi connectivity index (χ1n) is 8.91. The Morgan fingerprint density at radius 3 is 2.41 bits per heavy atom. The SMILES string of the molecule is O=C(NCC(O)c1ccccc1F)Nc1ccc(C(=O)N2CCCC2)cc1. The fourth-order valence-corrected chi connectivity index (χ4v) is 3.02. The summed E-state index contributed by atoms with van der Waals surface area (Å²) in [5.41, 5.74) is 1.23. The van der Waals surface area contributed by atoms with Crippen molar-refractivity contribution in [2.75, 3.05) is 25.0 Å². The molecule has 3 amide bonds. The predicted molar refractivity (Wildman–Crippen MR) is 100.0 cm³/mol. The van der Waals surface area contributed by atoms with E-state index < -0.39 is 18.0 Å². The number of urea groups is 1. The number of aliphatic hydroxyl groups is 1. The van der Waals surface area contributed by atoms with Gasteiger partial charge in [0.05, 0.1) is 6.10 Å². The van der Waals surface area contributed by atoms with E-state index in [1.165, 1.54) is 18.2 Å². The molecule has 1 saturated heterocycles. The maximum atomic E-state index is 13.6. The van der Waals surface area contributed by atoms with Gasteiger partial charge in [0.1, 0.15) is 5.82 Å². The molecule has 1 aliphatic heterocycles. The molecular weight excluding hydrogens is 349 g/mol. The number of carbonyl (C=O) groups is 2. The smallest absolute Gasteiger partial charge is 0.319 e. The van der Waals surface area contributed by atoms with E-state index >= 15 is 0 Å². The van der Waals surface area contributed by atoms with Crippen LogP contribution < -0.4 is 10.6 Å². The van der Waals surface area contributed by atoms with Gasteiger partial charge in [-0.1, -0.05) is 18.2 Å². The van der Waals surface area contributed by atoms with Crippen LogP contribution in [0.5, 0.6) is 0 Å². The van der Waals surface area contributed by atoms with Crippen molar-refractivity contribution < 1.29 is 19.1 Å². The second-order valence-corrected chi connectivity index (χ2v) is 6.45. The summed E-state index contributed by atoms with van der Waals surface area (Å²) in [6.07, 6.45) is 0.923. The molecular formula is C20H22FN3O3. The molecule has 0 radical (unpaired) electrons. The van der Waals surface area contributed by atoms with Crippen molar-refractivity contribution in [1.29, 1.82) is 0 Å². The first kappa shape index (κ1) is 18.8. The van der Waals surface area contributed by atoms with E-state index in [0.29, 0.717) is 11.3 Å². The first-order valence-corrected chi connectivity index (χ1v) is 8.91. The number of nitrogens with zero attached hydrogens (tertiary/aromatic N) is 1. The molecule has 1 atom stereocenters. The zero-order chi connectivity index (χ0) is 19.2. The molecule has 27 heavy (non-hydrogen) atoms. The minimum atomic E-state index is -1.14. The Kier molecular flexibility index (Phi) is 6.03. The number of likely N-dealkylation sites (tertiary alicyclic amines) is 1. The van der Waals surface area contributed by atoms with Gasteiger partial charge >= 0.3 is 6.03 Å². The quantitative estimate of drug-likeness (QED) is 0.756. The van der Waals surface area contributed by atoms with Crippen molar-refractivity contribution in [3.8, 4) is 0 Å². The molecule has 3 N–H and O–H groups in total. The van der Waals surface area contributed by atoms with E-state index in [2.05, 4.69) is 10.6 Å². The Morgan fingerprint density at radius 2 is 1.74 bits per heavy atom. The molecule has 1 unspecified atom stereocenters. The average molecular weight is 371 g/mol. The van der Waals surface area contributed by atoms with E-state index in [1.807, 2.05) is 4.90 Å². The summed E-state index contributed by atoms with van der Waals surface area (Å²) < 4.78 is 13.6. The van der Waals surface area contributed by atoms with Crippen molar-refractivity contribution >= 4 is 17.6 Å². The minimum absolute atomic E-state index is 0.00323. The summed E-state index contributed by atoms with van der Waals surface area (Å²) in [6.45, 7) is 1.44. The lowest BCUT2D eigenvalue weighted by Gasteiger charge is -2.16. The van der Waals surface area contributed by atoms with Crippen LogP contribution in [-0.4, -0.2) is 41.6 Å². The van der Waals surface area contributed by atoms with Crippen LogP contribution in [0.2, 0.25) is 0 Å². The van der Waals surface area contributed by atoms with E-state index in [9.17, 15) is 19.1 Å². The van der Waals surface area contributed by atoms with Crippen molar-refractivity contribution in [3.05, 3.63) is 65.5 Å². The van der Waals surface area contributed by atoms with Crippen molar-refractivity contribution in [2.45, 2.75) is 18.9 Å². The highest BCUT2D eigenvalue weighted by Gasteiger charge is 2.19. The van der Waals surface area contributed by atoms with Crippen LogP contribution in [-0.2, 0) is 0 Å². The fourth-order valence-electron chi connectivity index (χ4n) is 3.02. The Morgan fingerprint density at radius 1 is 1.07 bits per heavy atom. The van der Waals surface area contributed by atoms with E-state index in [-0.39, 0.29) is 18.0 Å². The predicted octanol–water partition coefficient (Wildman–Crippen LogP) is 2.92. The number of benzene rings is 2. The minimum Gasteiger partial charge on any atom is -0.386 e. The van der Waals surface area contributed by atoms with Gasteiger partial charge in [-0.05, 0) is 43.2 Å².